The van der Waals surface area contributed by atoms with Crippen molar-refractivity contribution in [3.05, 3.63) is 35.9 Å². The van der Waals surface area contributed by atoms with Gasteiger partial charge in [0.05, 0.1) is 25.9 Å². The Morgan fingerprint density at radius 3 is 3.00 bits per heavy atom. The number of nitrogens with zero attached hydrogens (tertiary/aromatic N) is 2. The minimum absolute atomic E-state index is 0.446. The molecule has 1 aliphatic rings. The molecule has 1 saturated heterocycles. The van der Waals surface area contributed by atoms with Gasteiger partial charge in [-0.2, -0.15) is 5.10 Å². The summed E-state index contributed by atoms with van der Waals surface area (Å²) in [6.07, 6.45) is 5.19. The van der Waals surface area contributed by atoms with Crippen LogP contribution in [0.4, 0.5) is 0 Å². The Morgan fingerprint density at radius 1 is 1.35 bits per heavy atom. The summed E-state index contributed by atoms with van der Waals surface area (Å²) < 4.78 is 10.8. The van der Waals surface area contributed by atoms with Crippen LogP contribution >= 0.6 is 0 Å². The van der Waals surface area contributed by atoms with E-state index in [0.29, 0.717) is 19.3 Å². The molecule has 110 valence electrons. The second-order valence-electron chi connectivity index (χ2n) is 5.04. The van der Waals surface area contributed by atoms with Crippen molar-refractivity contribution in [2.45, 2.75) is 31.9 Å². The lowest BCUT2D eigenvalue weighted by Gasteiger charge is -2.20. The lowest BCUT2D eigenvalue weighted by Crippen LogP contribution is -2.28. The van der Waals surface area contributed by atoms with Crippen LogP contribution in [-0.4, -0.2) is 44.1 Å². The highest BCUT2D eigenvalue weighted by Crippen LogP contribution is 2.17. The van der Waals surface area contributed by atoms with Crippen molar-refractivity contribution in [3.63, 3.8) is 0 Å². The standard InChI is InChI=1S/C16H24N2O2/c1-19-14-16-9-5-11-18(16)17-10-6-12-20-13-15-7-3-2-4-8-15/h2-4,7-8,10,16H,5-6,9,11-14H2,1H3/b17-10+/t16-/m0/s1. The van der Waals surface area contributed by atoms with Gasteiger partial charge in [-0.25, -0.2) is 0 Å². The maximum Gasteiger partial charge on any atom is 0.0717 e. The van der Waals surface area contributed by atoms with E-state index >= 15 is 0 Å². The first-order valence-electron chi connectivity index (χ1n) is 7.30. The Kier molecular flexibility index (Phi) is 6.54. The normalized spacial score (nSPS) is 19.1. The van der Waals surface area contributed by atoms with E-state index in [-0.39, 0.29) is 0 Å². The van der Waals surface area contributed by atoms with Crippen LogP contribution in [0.3, 0.4) is 0 Å². The number of hydrogen-bond donors (Lipinski definition) is 0. The molecular formula is C16H24N2O2. The second kappa shape index (κ2) is 8.72. The Hall–Kier alpha value is -1.39. The zero-order valence-corrected chi connectivity index (χ0v) is 12.2. The molecule has 0 unspecified atom stereocenters. The number of rotatable bonds is 8. The van der Waals surface area contributed by atoms with E-state index < -0.39 is 0 Å². The smallest absolute Gasteiger partial charge is 0.0717 e. The van der Waals surface area contributed by atoms with Crippen molar-refractivity contribution in [2.75, 3.05) is 26.9 Å². The third-order valence-corrected chi connectivity index (χ3v) is 3.44. The van der Waals surface area contributed by atoms with Gasteiger partial charge >= 0.3 is 0 Å². The minimum atomic E-state index is 0.446. The Bertz CT molecular complexity index is 395. The van der Waals surface area contributed by atoms with E-state index in [4.69, 9.17) is 9.47 Å². The molecule has 1 aromatic carbocycles. The van der Waals surface area contributed by atoms with Crippen LogP contribution in [0.5, 0.6) is 0 Å². The summed E-state index contributed by atoms with van der Waals surface area (Å²) >= 11 is 0. The van der Waals surface area contributed by atoms with E-state index in [1.807, 2.05) is 24.4 Å². The summed E-state index contributed by atoms with van der Waals surface area (Å²) in [4.78, 5) is 0. The van der Waals surface area contributed by atoms with Gasteiger partial charge < -0.3 is 9.47 Å². The number of methoxy groups -OCH3 is 1. The van der Waals surface area contributed by atoms with E-state index in [9.17, 15) is 0 Å². The first-order valence-corrected chi connectivity index (χ1v) is 7.30. The SMILES string of the molecule is COC[C@@H]1CCCN1/N=C/CCOCc1ccccc1. The first-order chi connectivity index (χ1) is 9.90. The van der Waals surface area contributed by atoms with Gasteiger partial charge in [0, 0.05) is 26.3 Å². The molecule has 0 spiro atoms. The fourth-order valence-electron chi connectivity index (χ4n) is 2.40. The predicted molar refractivity (Wildman–Crippen MR) is 80.8 cm³/mol. The molecule has 1 heterocycles. The van der Waals surface area contributed by atoms with Crippen LogP contribution in [0.1, 0.15) is 24.8 Å². The zero-order valence-electron chi connectivity index (χ0n) is 12.2. The summed E-state index contributed by atoms with van der Waals surface area (Å²) in [6.45, 7) is 3.18. The molecule has 0 N–H and O–H groups in total. The van der Waals surface area contributed by atoms with Crippen molar-refractivity contribution in [3.8, 4) is 0 Å². The van der Waals surface area contributed by atoms with Crippen LogP contribution in [0.15, 0.2) is 35.4 Å². The van der Waals surface area contributed by atoms with Gasteiger partial charge in [0.1, 0.15) is 0 Å². The molecule has 0 amide bonds. The molecule has 4 nitrogen and oxygen atoms in total. The van der Waals surface area contributed by atoms with E-state index in [1.165, 1.54) is 18.4 Å². The molecule has 1 aromatic rings. The molecule has 0 aromatic heterocycles. The number of hydrogen-bond acceptors (Lipinski definition) is 4. The Labute approximate surface area is 121 Å². The highest BCUT2D eigenvalue weighted by atomic mass is 16.5. The van der Waals surface area contributed by atoms with Gasteiger partial charge in [0.25, 0.3) is 0 Å². The van der Waals surface area contributed by atoms with Crippen molar-refractivity contribution in [1.82, 2.24) is 5.01 Å². The van der Waals surface area contributed by atoms with Gasteiger partial charge in [-0.05, 0) is 18.4 Å². The summed E-state index contributed by atoms with van der Waals surface area (Å²) in [7, 11) is 1.75. The molecule has 20 heavy (non-hydrogen) atoms. The van der Waals surface area contributed by atoms with E-state index in [0.717, 1.165) is 19.6 Å². The van der Waals surface area contributed by atoms with Gasteiger partial charge in [-0.3, -0.25) is 5.01 Å². The molecule has 0 aliphatic carbocycles. The number of hydrazone groups is 1. The second-order valence-corrected chi connectivity index (χ2v) is 5.04. The highest BCUT2D eigenvalue weighted by Gasteiger charge is 2.22. The predicted octanol–water partition coefficient (Wildman–Crippen LogP) is 2.69. The highest BCUT2D eigenvalue weighted by molar-refractivity contribution is 5.56. The lowest BCUT2D eigenvalue weighted by molar-refractivity contribution is 0.116. The van der Waals surface area contributed by atoms with Crippen molar-refractivity contribution in [2.24, 2.45) is 5.10 Å². The third kappa shape index (κ3) is 4.94. The molecule has 2 rings (SSSR count). The largest absolute Gasteiger partial charge is 0.382 e. The maximum absolute atomic E-state index is 5.62. The first kappa shape index (κ1) is 15.0. The summed E-state index contributed by atoms with van der Waals surface area (Å²) in [5, 5.41) is 6.66. The monoisotopic (exact) mass is 276 g/mol. The van der Waals surface area contributed by atoms with Crippen molar-refractivity contribution >= 4 is 6.21 Å². The topological polar surface area (TPSA) is 34.1 Å². The van der Waals surface area contributed by atoms with Gasteiger partial charge in [-0.15, -0.1) is 0 Å². The van der Waals surface area contributed by atoms with E-state index in [1.54, 1.807) is 7.11 Å². The van der Waals surface area contributed by atoms with Crippen molar-refractivity contribution in [1.29, 1.82) is 0 Å². The van der Waals surface area contributed by atoms with Crippen LogP contribution in [0.25, 0.3) is 0 Å². The lowest BCUT2D eigenvalue weighted by atomic mass is 10.2. The third-order valence-electron chi connectivity index (χ3n) is 3.44. The van der Waals surface area contributed by atoms with Crippen LogP contribution < -0.4 is 0 Å². The molecule has 1 aliphatic heterocycles. The molecule has 4 heteroatoms. The van der Waals surface area contributed by atoms with Gasteiger partial charge in [0.15, 0.2) is 0 Å². The van der Waals surface area contributed by atoms with Crippen LogP contribution in [-0.2, 0) is 16.1 Å². The maximum atomic E-state index is 5.62. The zero-order chi connectivity index (χ0) is 14.0. The average Bonchev–Trinajstić information content (AvgIpc) is 2.92. The van der Waals surface area contributed by atoms with Crippen LogP contribution in [0, 0.1) is 0 Å². The quantitative estimate of drug-likeness (QED) is 0.541. The molecular weight excluding hydrogens is 252 g/mol. The molecule has 0 bridgehead atoms. The van der Waals surface area contributed by atoms with Gasteiger partial charge in [0.2, 0.25) is 0 Å². The Morgan fingerprint density at radius 2 is 2.20 bits per heavy atom. The summed E-state index contributed by atoms with van der Waals surface area (Å²) in [6, 6.07) is 10.7. The number of benzene rings is 1. The summed E-state index contributed by atoms with van der Waals surface area (Å²) in [5.41, 5.74) is 1.21. The van der Waals surface area contributed by atoms with Gasteiger partial charge in [-0.1, -0.05) is 30.3 Å². The molecule has 0 radical (unpaired) electrons. The Balaban J connectivity index is 1.59. The fraction of sp³-hybridized carbons (Fsp3) is 0.562. The fourth-order valence-corrected chi connectivity index (χ4v) is 2.40. The molecule has 1 atom stereocenters. The molecule has 0 saturated carbocycles. The van der Waals surface area contributed by atoms with E-state index in [2.05, 4.69) is 22.2 Å². The summed E-state index contributed by atoms with van der Waals surface area (Å²) in [5.74, 6) is 0. The number of ether oxygens (including phenoxy) is 2. The van der Waals surface area contributed by atoms with Crippen molar-refractivity contribution < 1.29 is 9.47 Å². The van der Waals surface area contributed by atoms with Crippen LogP contribution in [0.2, 0.25) is 0 Å². The minimum Gasteiger partial charge on any atom is -0.382 e. The average molecular weight is 276 g/mol. The molecule has 1 fully saturated rings.